The van der Waals surface area contributed by atoms with Crippen LogP contribution in [0.3, 0.4) is 0 Å². The molecular formula is C20H29N. The van der Waals surface area contributed by atoms with Gasteiger partial charge >= 0.3 is 0 Å². The lowest BCUT2D eigenvalue weighted by Crippen LogP contribution is -2.53. The zero-order valence-corrected chi connectivity index (χ0v) is 13.5. The molecule has 4 bridgehead atoms. The molecule has 4 saturated carbocycles. The molecule has 114 valence electrons. The van der Waals surface area contributed by atoms with Crippen LogP contribution in [0.2, 0.25) is 0 Å². The third-order valence-corrected chi connectivity index (χ3v) is 6.82. The monoisotopic (exact) mass is 283 g/mol. The molecule has 0 heterocycles. The SMILES string of the molecule is CN[C@@H](C)CC12C[C@H]3CC(C[C@@H](C3)C1)[C@@H]2c1ccccc1. The largest absolute Gasteiger partial charge is 0.317 e. The highest BCUT2D eigenvalue weighted by Gasteiger charge is 2.57. The number of nitrogens with one attached hydrogen (secondary N) is 1. The van der Waals surface area contributed by atoms with Crippen molar-refractivity contribution in [1.82, 2.24) is 5.32 Å². The van der Waals surface area contributed by atoms with Gasteiger partial charge in [-0.25, -0.2) is 0 Å². The maximum atomic E-state index is 3.51. The predicted octanol–water partition coefficient (Wildman–Crippen LogP) is 4.59. The third kappa shape index (κ3) is 2.25. The molecule has 21 heavy (non-hydrogen) atoms. The Labute approximate surface area is 129 Å². The summed E-state index contributed by atoms with van der Waals surface area (Å²) in [6.07, 6.45) is 8.90. The van der Waals surface area contributed by atoms with Crippen molar-refractivity contribution in [1.29, 1.82) is 0 Å². The van der Waals surface area contributed by atoms with E-state index in [1.54, 1.807) is 5.56 Å². The summed E-state index contributed by atoms with van der Waals surface area (Å²) in [6.45, 7) is 2.38. The molecule has 1 N–H and O–H groups in total. The van der Waals surface area contributed by atoms with Crippen molar-refractivity contribution in [2.45, 2.75) is 57.4 Å². The Balaban J connectivity index is 1.72. The molecule has 4 atom stereocenters. The van der Waals surface area contributed by atoms with Crippen LogP contribution in [-0.2, 0) is 0 Å². The molecular weight excluding hydrogens is 254 g/mol. The average molecular weight is 283 g/mol. The lowest BCUT2D eigenvalue weighted by Gasteiger charge is -2.62. The van der Waals surface area contributed by atoms with E-state index in [1.165, 1.54) is 38.5 Å². The molecule has 0 unspecified atom stereocenters. The minimum Gasteiger partial charge on any atom is -0.317 e. The normalized spacial score (nSPS) is 42.2. The highest BCUT2D eigenvalue weighted by molar-refractivity contribution is 5.27. The van der Waals surface area contributed by atoms with E-state index < -0.39 is 0 Å². The van der Waals surface area contributed by atoms with Crippen LogP contribution in [0.1, 0.15) is 56.9 Å². The Bertz CT molecular complexity index is 480. The molecule has 0 aliphatic heterocycles. The average Bonchev–Trinajstić information content (AvgIpc) is 2.46. The number of rotatable bonds is 4. The van der Waals surface area contributed by atoms with E-state index in [2.05, 4.69) is 49.6 Å². The first-order valence-corrected chi connectivity index (χ1v) is 8.92. The van der Waals surface area contributed by atoms with Gasteiger partial charge in [0, 0.05) is 6.04 Å². The van der Waals surface area contributed by atoms with Crippen LogP contribution in [0.15, 0.2) is 30.3 Å². The molecule has 1 aromatic carbocycles. The van der Waals surface area contributed by atoms with Crippen LogP contribution in [0, 0.1) is 23.2 Å². The van der Waals surface area contributed by atoms with E-state index in [4.69, 9.17) is 0 Å². The third-order valence-electron chi connectivity index (χ3n) is 6.82. The molecule has 1 heteroatoms. The summed E-state index contributed by atoms with van der Waals surface area (Å²) in [5.74, 6) is 3.85. The summed E-state index contributed by atoms with van der Waals surface area (Å²) in [7, 11) is 2.13. The quantitative estimate of drug-likeness (QED) is 0.852. The van der Waals surface area contributed by atoms with Crippen molar-refractivity contribution >= 4 is 0 Å². The Morgan fingerprint density at radius 3 is 2.38 bits per heavy atom. The smallest absolute Gasteiger partial charge is 0.00412 e. The van der Waals surface area contributed by atoms with Gasteiger partial charge in [0.2, 0.25) is 0 Å². The summed E-state index contributed by atoms with van der Waals surface area (Å²) < 4.78 is 0. The van der Waals surface area contributed by atoms with E-state index >= 15 is 0 Å². The van der Waals surface area contributed by atoms with Crippen molar-refractivity contribution in [3.63, 3.8) is 0 Å². The van der Waals surface area contributed by atoms with Crippen LogP contribution in [-0.4, -0.2) is 13.1 Å². The second-order valence-electron chi connectivity index (χ2n) is 8.25. The first kappa shape index (κ1) is 13.8. The van der Waals surface area contributed by atoms with Gasteiger partial charge in [-0.05, 0) is 87.1 Å². The molecule has 0 aromatic heterocycles. The van der Waals surface area contributed by atoms with Crippen molar-refractivity contribution in [3.05, 3.63) is 35.9 Å². The Kier molecular flexibility index (Phi) is 3.37. The summed E-state index contributed by atoms with van der Waals surface area (Å²) in [4.78, 5) is 0. The molecule has 0 saturated heterocycles. The number of hydrogen-bond donors (Lipinski definition) is 1. The van der Waals surface area contributed by atoms with E-state index in [0.29, 0.717) is 11.5 Å². The van der Waals surface area contributed by atoms with Crippen LogP contribution in [0.4, 0.5) is 0 Å². The molecule has 0 radical (unpaired) electrons. The Hall–Kier alpha value is -0.820. The fraction of sp³-hybridized carbons (Fsp3) is 0.700. The first-order chi connectivity index (χ1) is 10.2. The van der Waals surface area contributed by atoms with Crippen LogP contribution in [0.25, 0.3) is 0 Å². The van der Waals surface area contributed by atoms with Gasteiger partial charge in [-0.2, -0.15) is 0 Å². The fourth-order valence-corrected chi connectivity index (χ4v) is 6.50. The zero-order chi connectivity index (χ0) is 14.4. The van der Waals surface area contributed by atoms with E-state index in [9.17, 15) is 0 Å². The van der Waals surface area contributed by atoms with Crippen LogP contribution < -0.4 is 5.32 Å². The number of benzene rings is 1. The second-order valence-corrected chi connectivity index (χ2v) is 8.25. The van der Waals surface area contributed by atoms with Crippen molar-refractivity contribution in [2.75, 3.05) is 7.05 Å². The minimum absolute atomic E-state index is 0.582. The van der Waals surface area contributed by atoms with Gasteiger partial charge in [0.15, 0.2) is 0 Å². The Morgan fingerprint density at radius 1 is 1.10 bits per heavy atom. The van der Waals surface area contributed by atoms with Gasteiger partial charge in [0.25, 0.3) is 0 Å². The van der Waals surface area contributed by atoms with E-state index in [1.807, 2.05) is 0 Å². The van der Waals surface area contributed by atoms with Gasteiger partial charge in [0.05, 0.1) is 0 Å². The Morgan fingerprint density at radius 2 is 1.76 bits per heavy atom. The summed E-state index contributed by atoms with van der Waals surface area (Å²) in [5.41, 5.74) is 2.21. The molecule has 4 aliphatic carbocycles. The predicted molar refractivity (Wildman–Crippen MR) is 88.3 cm³/mol. The van der Waals surface area contributed by atoms with Gasteiger partial charge in [-0.1, -0.05) is 30.3 Å². The molecule has 1 nitrogen and oxygen atoms in total. The lowest BCUT2D eigenvalue weighted by atomic mass is 9.43. The topological polar surface area (TPSA) is 12.0 Å². The van der Waals surface area contributed by atoms with Gasteiger partial charge in [0.1, 0.15) is 0 Å². The zero-order valence-electron chi connectivity index (χ0n) is 13.5. The second kappa shape index (κ2) is 5.12. The molecule has 1 aromatic rings. The fourth-order valence-electron chi connectivity index (χ4n) is 6.50. The highest BCUT2D eigenvalue weighted by atomic mass is 14.9. The van der Waals surface area contributed by atoms with Crippen molar-refractivity contribution in [3.8, 4) is 0 Å². The highest BCUT2D eigenvalue weighted by Crippen LogP contribution is 2.67. The summed E-state index contributed by atoms with van der Waals surface area (Å²) in [6, 6.07) is 12.1. The summed E-state index contributed by atoms with van der Waals surface area (Å²) in [5, 5.41) is 3.51. The van der Waals surface area contributed by atoms with Gasteiger partial charge < -0.3 is 5.32 Å². The van der Waals surface area contributed by atoms with Crippen LogP contribution >= 0.6 is 0 Å². The van der Waals surface area contributed by atoms with E-state index in [0.717, 1.165) is 23.7 Å². The van der Waals surface area contributed by atoms with E-state index in [-0.39, 0.29) is 0 Å². The molecule has 0 amide bonds. The molecule has 4 aliphatic rings. The first-order valence-electron chi connectivity index (χ1n) is 8.92. The lowest BCUT2D eigenvalue weighted by molar-refractivity contribution is -0.0835. The van der Waals surface area contributed by atoms with Crippen molar-refractivity contribution in [2.24, 2.45) is 23.2 Å². The minimum atomic E-state index is 0.582. The maximum absolute atomic E-state index is 3.51. The van der Waals surface area contributed by atoms with Gasteiger partial charge in [-0.15, -0.1) is 0 Å². The molecule has 5 rings (SSSR count). The van der Waals surface area contributed by atoms with Gasteiger partial charge in [-0.3, -0.25) is 0 Å². The molecule has 4 fully saturated rings. The van der Waals surface area contributed by atoms with Crippen molar-refractivity contribution < 1.29 is 0 Å². The maximum Gasteiger partial charge on any atom is 0.00412 e. The molecule has 0 spiro atoms. The van der Waals surface area contributed by atoms with Crippen LogP contribution in [0.5, 0.6) is 0 Å². The number of hydrogen-bond acceptors (Lipinski definition) is 1. The standard InChI is InChI=1S/C20H29N/c1-14(21-2)11-20-12-15-8-16(13-20)10-18(9-15)19(20)17-6-4-3-5-7-17/h3-7,14-16,18-19,21H,8-13H2,1-2H3/t14-,15+,16+,18?,19-,20?/m0/s1. The summed E-state index contributed by atoms with van der Waals surface area (Å²) >= 11 is 0.